The molecule has 0 bridgehead atoms. The molecule has 0 unspecified atom stereocenters. The Morgan fingerprint density at radius 1 is 1.14 bits per heavy atom. The summed E-state index contributed by atoms with van der Waals surface area (Å²) in [7, 11) is 0. The Balaban J connectivity index is 2.51. The minimum atomic E-state index is 0.582. The second-order valence-electron chi connectivity index (χ2n) is 2.53. The lowest BCUT2D eigenvalue weighted by Gasteiger charge is -1.97. The molecule has 0 fully saturated rings. The fraction of sp³-hybridized carbons (Fsp3) is 0. The van der Waals surface area contributed by atoms with Crippen molar-refractivity contribution in [3.63, 3.8) is 0 Å². The first-order chi connectivity index (χ1) is 6.65. The number of nitrogens with zero attached hydrogens (tertiary/aromatic N) is 2. The van der Waals surface area contributed by atoms with E-state index in [4.69, 9.17) is 23.2 Å². The first-order valence-corrected chi connectivity index (χ1v) is 5.93. The van der Waals surface area contributed by atoms with Crippen LogP contribution in [0, 0.1) is 0 Å². The summed E-state index contributed by atoms with van der Waals surface area (Å²) in [6.45, 7) is 0. The molecular formula is C8H3BrCl2N2S. The highest BCUT2D eigenvalue weighted by Gasteiger charge is 2.06. The van der Waals surface area contributed by atoms with E-state index in [1.807, 2.05) is 0 Å². The van der Waals surface area contributed by atoms with Crippen molar-refractivity contribution in [3.05, 3.63) is 32.2 Å². The van der Waals surface area contributed by atoms with Gasteiger partial charge in [0.25, 0.3) is 0 Å². The van der Waals surface area contributed by atoms with Crippen LogP contribution in [0.25, 0.3) is 11.4 Å². The van der Waals surface area contributed by atoms with E-state index in [1.54, 1.807) is 18.2 Å². The molecule has 0 radical (unpaired) electrons. The van der Waals surface area contributed by atoms with Crippen LogP contribution in [0.1, 0.15) is 0 Å². The van der Waals surface area contributed by atoms with Crippen LogP contribution in [-0.2, 0) is 0 Å². The summed E-state index contributed by atoms with van der Waals surface area (Å²) in [4.78, 5) is 4.17. The van der Waals surface area contributed by atoms with Crippen LogP contribution < -0.4 is 0 Å². The molecule has 0 saturated carbocycles. The van der Waals surface area contributed by atoms with Gasteiger partial charge < -0.3 is 0 Å². The van der Waals surface area contributed by atoms with Crippen LogP contribution in [-0.4, -0.2) is 9.36 Å². The lowest BCUT2D eigenvalue weighted by molar-refractivity contribution is 1.30. The van der Waals surface area contributed by atoms with Crippen LogP contribution in [0.4, 0.5) is 0 Å². The highest BCUT2D eigenvalue weighted by atomic mass is 79.9. The molecule has 1 aromatic carbocycles. The van der Waals surface area contributed by atoms with Gasteiger partial charge in [0, 0.05) is 15.6 Å². The van der Waals surface area contributed by atoms with E-state index in [9.17, 15) is 0 Å². The van der Waals surface area contributed by atoms with E-state index in [0.29, 0.717) is 15.9 Å². The van der Waals surface area contributed by atoms with Crippen LogP contribution >= 0.6 is 50.7 Å². The molecule has 0 aliphatic carbocycles. The van der Waals surface area contributed by atoms with Crippen LogP contribution in [0.5, 0.6) is 0 Å². The third kappa shape index (κ3) is 2.25. The molecule has 14 heavy (non-hydrogen) atoms. The summed E-state index contributed by atoms with van der Waals surface area (Å²) >= 11 is 16.2. The van der Waals surface area contributed by atoms with Gasteiger partial charge in [0.2, 0.25) is 0 Å². The molecule has 0 aliphatic heterocycles. The zero-order valence-corrected chi connectivity index (χ0v) is 10.6. The van der Waals surface area contributed by atoms with Crippen LogP contribution in [0.3, 0.4) is 0 Å². The van der Waals surface area contributed by atoms with E-state index in [2.05, 4.69) is 25.3 Å². The number of rotatable bonds is 1. The normalized spacial score (nSPS) is 10.5. The molecule has 2 nitrogen and oxygen atoms in total. The van der Waals surface area contributed by atoms with Crippen molar-refractivity contribution in [1.29, 1.82) is 0 Å². The lowest BCUT2D eigenvalue weighted by atomic mass is 10.2. The molecule has 1 aromatic heterocycles. The van der Waals surface area contributed by atoms with Crippen LogP contribution in [0.2, 0.25) is 10.0 Å². The Kier molecular flexibility index (Phi) is 3.07. The quantitative estimate of drug-likeness (QED) is 0.786. The average Bonchev–Trinajstić information content (AvgIpc) is 2.50. The van der Waals surface area contributed by atoms with E-state index in [0.717, 1.165) is 9.48 Å². The fourth-order valence-corrected chi connectivity index (χ4v) is 2.35. The summed E-state index contributed by atoms with van der Waals surface area (Å²) in [5.74, 6) is 0.631. The number of aromatic nitrogens is 2. The van der Waals surface area contributed by atoms with Crippen molar-refractivity contribution < 1.29 is 0 Å². The second-order valence-corrected chi connectivity index (χ2v) is 5.43. The summed E-state index contributed by atoms with van der Waals surface area (Å²) in [5, 5.41) is 1.16. The topological polar surface area (TPSA) is 25.8 Å². The molecule has 2 aromatic rings. The van der Waals surface area contributed by atoms with Crippen molar-refractivity contribution in [1.82, 2.24) is 9.36 Å². The van der Waals surface area contributed by atoms with Crippen molar-refractivity contribution >= 4 is 50.7 Å². The molecule has 1 heterocycles. The largest absolute Gasteiger partial charge is 0.208 e. The van der Waals surface area contributed by atoms with Gasteiger partial charge >= 0.3 is 0 Å². The van der Waals surface area contributed by atoms with Gasteiger partial charge in [0.1, 0.15) is 0 Å². The molecule has 0 spiro atoms. The van der Waals surface area contributed by atoms with Crippen molar-refractivity contribution in [3.8, 4) is 11.4 Å². The van der Waals surface area contributed by atoms with E-state index in [1.165, 1.54) is 11.5 Å². The predicted octanol–water partition coefficient (Wildman–Crippen LogP) is 4.27. The third-order valence-electron chi connectivity index (χ3n) is 1.52. The van der Waals surface area contributed by atoms with Gasteiger partial charge in [0.05, 0.1) is 0 Å². The number of hydrogen-bond donors (Lipinski definition) is 0. The minimum absolute atomic E-state index is 0.582. The lowest BCUT2D eigenvalue weighted by Crippen LogP contribution is -1.80. The van der Waals surface area contributed by atoms with Gasteiger partial charge in [0.15, 0.2) is 9.74 Å². The van der Waals surface area contributed by atoms with Gasteiger partial charge in [-0.3, -0.25) is 0 Å². The molecule has 2 rings (SSSR count). The Morgan fingerprint density at radius 3 is 2.29 bits per heavy atom. The monoisotopic (exact) mass is 308 g/mol. The summed E-state index contributed by atoms with van der Waals surface area (Å²) in [5.41, 5.74) is 0.824. The second kappa shape index (κ2) is 4.14. The predicted molar refractivity (Wildman–Crippen MR) is 63.1 cm³/mol. The fourth-order valence-electron chi connectivity index (χ4n) is 1.01. The Labute approximate surface area is 103 Å². The van der Waals surface area contributed by atoms with Gasteiger partial charge in [-0.05, 0) is 45.7 Å². The van der Waals surface area contributed by atoms with Crippen LogP contribution in [0.15, 0.2) is 22.1 Å². The SMILES string of the molecule is Clc1cc(Cl)cc(-c2nsc(Br)n2)c1. The molecule has 72 valence electrons. The molecule has 6 heteroatoms. The van der Waals surface area contributed by atoms with E-state index >= 15 is 0 Å². The van der Waals surface area contributed by atoms with E-state index in [-0.39, 0.29) is 0 Å². The minimum Gasteiger partial charge on any atom is -0.208 e. The smallest absolute Gasteiger partial charge is 0.179 e. The first kappa shape index (κ1) is 10.4. The average molecular weight is 310 g/mol. The van der Waals surface area contributed by atoms with Crippen molar-refractivity contribution in [2.75, 3.05) is 0 Å². The number of halogens is 3. The Bertz CT molecular complexity index is 452. The molecule has 0 aliphatic rings. The van der Waals surface area contributed by atoms with Gasteiger partial charge in [-0.2, -0.15) is 4.37 Å². The molecular weight excluding hydrogens is 307 g/mol. The maximum absolute atomic E-state index is 5.86. The number of benzene rings is 1. The Morgan fingerprint density at radius 2 is 1.79 bits per heavy atom. The standard InChI is InChI=1S/C8H3BrCl2N2S/c9-8-12-7(13-14-8)4-1-5(10)3-6(11)2-4/h1-3H. The van der Waals surface area contributed by atoms with Gasteiger partial charge in [-0.15, -0.1) is 0 Å². The third-order valence-corrected chi connectivity index (χ3v) is 3.08. The Hall–Kier alpha value is -0.160. The molecule has 0 atom stereocenters. The zero-order chi connectivity index (χ0) is 10.1. The highest BCUT2D eigenvalue weighted by Crippen LogP contribution is 2.27. The maximum Gasteiger partial charge on any atom is 0.179 e. The van der Waals surface area contributed by atoms with E-state index < -0.39 is 0 Å². The highest BCUT2D eigenvalue weighted by molar-refractivity contribution is 9.11. The summed E-state index contributed by atoms with van der Waals surface area (Å²) < 4.78 is 4.87. The zero-order valence-electron chi connectivity index (χ0n) is 6.67. The van der Waals surface area contributed by atoms with Crippen molar-refractivity contribution in [2.24, 2.45) is 0 Å². The van der Waals surface area contributed by atoms with Gasteiger partial charge in [-0.1, -0.05) is 23.2 Å². The molecule has 0 N–H and O–H groups in total. The molecule has 0 saturated heterocycles. The van der Waals surface area contributed by atoms with Gasteiger partial charge in [-0.25, -0.2) is 4.98 Å². The molecule has 0 amide bonds. The number of hydrogen-bond acceptors (Lipinski definition) is 3. The first-order valence-electron chi connectivity index (χ1n) is 3.61. The summed E-state index contributed by atoms with van der Waals surface area (Å²) in [6.07, 6.45) is 0. The maximum atomic E-state index is 5.86. The van der Waals surface area contributed by atoms with Crippen molar-refractivity contribution in [2.45, 2.75) is 0 Å². The summed E-state index contributed by atoms with van der Waals surface area (Å²) in [6, 6.07) is 5.23.